The lowest BCUT2D eigenvalue weighted by Crippen LogP contribution is -2.26. The minimum atomic E-state index is -0.411. The second-order valence-corrected chi connectivity index (χ2v) is 2.53. The van der Waals surface area contributed by atoms with Crippen LogP contribution in [0, 0.1) is 0 Å². The van der Waals surface area contributed by atoms with E-state index in [2.05, 4.69) is 5.32 Å². The van der Waals surface area contributed by atoms with Crippen molar-refractivity contribution in [3.63, 3.8) is 0 Å². The van der Waals surface area contributed by atoms with Crippen LogP contribution in [0.5, 0.6) is 0 Å². The van der Waals surface area contributed by atoms with Crippen LogP contribution in [-0.4, -0.2) is 29.0 Å². The molecular formula is C5H8ClNO2. The normalized spacial score (nSPS) is 34.9. The molecule has 0 spiro atoms. The van der Waals surface area contributed by atoms with E-state index in [1.807, 2.05) is 0 Å². The molecule has 1 aliphatic heterocycles. The van der Waals surface area contributed by atoms with Gasteiger partial charge in [-0.05, 0) is 18.0 Å². The maximum atomic E-state index is 10.4. The van der Waals surface area contributed by atoms with Crippen LogP contribution in [0.2, 0.25) is 0 Å². The highest BCUT2D eigenvalue weighted by Gasteiger charge is 2.26. The van der Waals surface area contributed by atoms with Crippen LogP contribution < -0.4 is 5.32 Å². The number of hydrogen-bond donors (Lipinski definition) is 2. The molecular weight excluding hydrogens is 142 g/mol. The summed E-state index contributed by atoms with van der Waals surface area (Å²) in [5.41, 5.74) is 0. The van der Waals surface area contributed by atoms with Crippen LogP contribution in [0.4, 0.5) is 0 Å². The Morgan fingerprint density at radius 1 is 1.78 bits per heavy atom. The molecule has 1 fully saturated rings. The summed E-state index contributed by atoms with van der Waals surface area (Å²) >= 11 is 5.14. The van der Waals surface area contributed by atoms with Crippen LogP contribution >= 0.6 is 11.6 Å². The topological polar surface area (TPSA) is 49.3 Å². The van der Waals surface area contributed by atoms with Gasteiger partial charge in [0.1, 0.15) is 0 Å². The zero-order valence-corrected chi connectivity index (χ0v) is 5.56. The third-order valence-corrected chi connectivity index (χ3v) is 1.65. The summed E-state index contributed by atoms with van der Waals surface area (Å²) in [6.45, 7) is 0.475. The Hall–Kier alpha value is -0.120. The third kappa shape index (κ3) is 1.64. The molecule has 0 unspecified atom stereocenters. The van der Waals surface area contributed by atoms with Crippen LogP contribution in [-0.2, 0) is 4.79 Å². The van der Waals surface area contributed by atoms with E-state index in [1.165, 1.54) is 0 Å². The molecule has 0 aromatic rings. The molecule has 9 heavy (non-hydrogen) atoms. The number of aliphatic hydroxyl groups is 1. The summed E-state index contributed by atoms with van der Waals surface area (Å²) in [7, 11) is 0. The Morgan fingerprint density at radius 2 is 2.44 bits per heavy atom. The molecule has 0 saturated carbocycles. The van der Waals surface area contributed by atoms with Crippen molar-refractivity contribution >= 4 is 16.8 Å². The zero-order chi connectivity index (χ0) is 6.85. The molecule has 2 N–H and O–H groups in total. The first-order chi connectivity index (χ1) is 4.20. The Labute approximate surface area is 58.0 Å². The standard InChI is InChI=1S/C5H8ClNO2/c6-5(9)4-1-3(8)2-7-4/h3-4,7-8H,1-2H2/t3-,4+/m1/s1. The first-order valence-electron chi connectivity index (χ1n) is 2.81. The molecule has 0 aromatic carbocycles. The fourth-order valence-corrected chi connectivity index (χ4v) is 1.06. The lowest BCUT2D eigenvalue weighted by Gasteiger charge is -1.99. The van der Waals surface area contributed by atoms with E-state index in [9.17, 15) is 4.79 Å². The largest absolute Gasteiger partial charge is 0.392 e. The summed E-state index contributed by atoms with van der Waals surface area (Å²) in [4.78, 5) is 10.4. The molecule has 3 nitrogen and oxygen atoms in total. The number of carbonyl (C=O) groups is 1. The number of nitrogens with one attached hydrogen (secondary N) is 1. The molecule has 0 radical (unpaired) electrons. The van der Waals surface area contributed by atoms with Gasteiger partial charge in [0.05, 0.1) is 12.1 Å². The quantitative estimate of drug-likeness (QED) is 0.493. The summed E-state index contributed by atoms with van der Waals surface area (Å²) in [5.74, 6) is 0. The van der Waals surface area contributed by atoms with E-state index < -0.39 is 11.3 Å². The molecule has 0 bridgehead atoms. The molecule has 1 rings (SSSR count). The molecule has 52 valence electrons. The second kappa shape index (κ2) is 2.64. The minimum absolute atomic E-state index is 0.332. The Bertz CT molecular complexity index is 128. The van der Waals surface area contributed by atoms with Gasteiger partial charge in [0.25, 0.3) is 0 Å². The van der Waals surface area contributed by atoms with Gasteiger partial charge in [-0.2, -0.15) is 0 Å². The van der Waals surface area contributed by atoms with E-state index in [0.29, 0.717) is 13.0 Å². The van der Waals surface area contributed by atoms with E-state index in [4.69, 9.17) is 16.7 Å². The van der Waals surface area contributed by atoms with Gasteiger partial charge < -0.3 is 10.4 Å². The molecule has 2 atom stereocenters. The van der Waals surface area contributed by atoms with Crippen molar-refractivity contribution in [2.45, 2.75) is 18.6 Å². The second-order valence-electron chi connectivity index (χ2n) is 2.15. The first-order valence-corrected chi connectivity index (χ1v) is 3.18. The van der Waals surface area contributed by atoms with Gasteiger partial charge in [0.15, 0.2) is 0 Å². The lowest BCUT2D eigenvalue weighted by molar-refractivity contribution is -0.113. The smallest absolute Gasteiger partial charge is 0.238 e. The summed E-state index contributed by atoms with van der Waals surface area (Å²) < 4.78 is 0. The number of rotatable bonds is 1. The number of hydrogen-bond acceptors (Lipinski definition) is 3. The molecule has 0 aromatic heterocycles. The van der Waals surface area contributed by atoms with Crippen molar-refractivity contribution < 1.29 is 9.90 Å². The van der Waals surface area contributed by atoms with Crippen molar-refractivity contribution in [1.82, 2.24) is 5.32 Å². The fraction of sp³-hybridized carbons (Fsp3) is 0.800. The first kappa shape index (κ1) is 6.99. The van der Waals surface area contributed by atoms with Crippen LogP contribution in [0.1, 0.15) is 6.42 Å². The van der Waals surface area contributed by atoms with Crippen molar-refractivity contribution in [3.8, 4) is 0 Å². The number of aliphatic hydroxyl groups excluding tert-OH is 1. The SMILES string of the molecule is O=C(Cl)[C@@H]1C[C@@H](O)CN1. The van der Waals surface area contributed by atoms with Crippen molar-refractivity contribution in [2.24, 2.45) is 0 Å². The van der Waals surface area contributed by atoms with Gasteiger partial charge in [-0.3, -0.25) is 4.79 Å². The van der Waals surface area contributed by atoms with Crippen LogP contribution in [0.25, 0.3) is 0 Å². The maximum absolute atomic E-state index is 10.4. The van der Waals surface area contributed by atoms with Gasteiger partial charge in [-0.1, -0.05) is 0 Å². The number of carbonyl (C=O) groups excluding carboxylic acids is 1. The van der Waals surface area contributed by atoms with Gasteiger partial charge in [0.2, 0.25) is 5.24 Å². The Morgan fingerprint density at radius 3 is 2.67 bits per heavy atom. The van der Waals surface area contributed by atoms with Crippen LogP contribution in [0.15, 0.2) is 0 Å². The number of halogens is 1. The summed E-state index contributed by atoms with van der Waals surface area (Å²) in [5, 5.41) is 11.2. The highest BCUT2D eigenvalue weighted by atomic mass is 35.5. The van der Waals surface area contributed by atoms with Crippen molar-refractivity contribution in [1.29, 1.82) is 0 Å². The van der Waals surface area contributed by atoms with Gasteiger partial charge in [0, 0.05) is 6.54 Å². The molecule has 0 amide bonds. The Balaban J connectivity index is 2.39. The molecule has 1 saturated heterocycles. The third-order valence-electron chi connectivity index (χ3n) is 1.38. The highest BCUT2D eigenvalue weighted by Crippen LogP contribution is 2.08. The monoisotopic (exact) mass is 149 g/mol. The maximum Gasteiger partial charge on any atom is 0.238 e. The van der Waals surface area contributed by atoms with E-state index in [1.54, 1.807) is 0 Å². The van der Waals surface area contributed by atoms with E-state index >= 15 is 0 Å². The highest BCUT2D eigenvalue weighted by molar-refractivity contribution is 6.64. The predicted octanol–water partition coefficient (Wildman–Crippen LogP) is -0.525. The summed E-state index contributed by atoms with van der Waals surface area (Å²) in [6, 6.07) is -0.332. The number of β-amino-alcohol motifs (C(OH)–C–C–N with tert-alkyl or cyclic N) is 1. The van der Waals surface area contributed by atoms with E-state index in [0.717, 1.165) is 0 Å². The minimum Gasteiger partial charge on any atom is -0.392 e. The van der Waals surface area contributed by atoms with Crippen molar-refractivity contribution in [3.05, 3.63) is 0 Å². The van der Waals surface area contributed by atoms with Gasteiger partial charge in [-0.15, -0.1) is 0 Å². The molecule has 0 aliphatic carbocycles. The van der Waals surface area contributed by atoms with Gasteiger partial charge >= 0.3 is 0 Å². The Kier molecular flexibility index (Phi) is 2.05. The van der Waals surface area contributed by atoms with Crippen LogP contribution in [0.3, 0.4) is 0 Å². The van der Waals surface area contributed by atoms with E-state index in [-0.39, 0.29) is 6.04 Å². The fourth-order valence-electron chi connectivity index (χ4n) is 0.890. The molecule has 1 aliphatic rings. The van der Waals surface area contributed by atoms with Gasteiger partial charge in [-0.25, -0.2) is 0 Å². The van der Waals surface area contributed by atoms with Crippen molar-refractivity contribution in [2.75, 3.05) is 6.54 Å². The zero-order valence-electron chi connectivity index (χ0n) is 4.80. The average molecular weight is 150 g/mol. The summed E-state index contributed by atoms with van der Waals surface area (Å²) in [6.07, 6.45) is 0.0419. The predicted molar refractivity (Wildman–Crippen MR) is 33.3 cm³/mol. The average Bonchev–Trinajstić information content (AvgIpc) is 2.14. The lowest BCUT2D eigenvalue weighted by atomic mass is 10.2. The molecule has 4 heteroatoms. The molecule has 1 heterocycles.